The van der Waals surface area contributed by atoms with Crippen LogP contribution < -0.4 is 10.0 Å². The van der Waals surface area contributed by atoms with Gasteiger partial charge < -0.3 is 15.3 Å². The van der Waals surface area contributed by atoms with E-state index in [2.05, 4.69) is 5.32 Å². The van der Waals surface area contributed by atoms with Gasteiger partial charge in [-0.25, -0.2) is 4.79 Å². The number of hydrogen-bond donors (Lipinski definition) is 1. The van der Waals surface area contributed by atoms with Gasteiger partial charge in [-0.15, -0.1) is 0 Å². The van der Waals surface area contributed by atoms with Crippen LogP contribution in [0.4, 0.5) is 5.69 Å². The summed E-state index contributed by atoms with van der Waals surface area (Å²) < 4.78 is 5.53. The van der Waals surface area contributed by atoms with Crippen molar-refractivity contribution < 1.29 is 19.1 Å². The standard InChI is InChI=1S/C19H22N2O4/c1-12(2)15-9-7-8-13(3)17(15)20-18(22)14(4)25-19(23)16-10-5-6-11-21(16)24/h5-12,14H,1-4H3,(H,20,22)/t14-/m1/s1. The molecular formula is C19H22N2O4. The SMILES string of the molecule is Cc1cccc(C(C)C)c1NC(=O)[C@@H](C)OC(=O)c1cccc[n+]1[O-]. The van der Waals surface area contributed by atoms with Crippen LogP contribution in [0.3, 0.4) is 0 Å². The number of benzene rings is 1. The van der Waals surface area contributed by atoms with Crippen LogP contribution in [-0.4, -0.2) is 18.0 Å². The topological polar surface area (TPSA) is 82.3 Å². The van der Waals surface area contributed by atoms with E-state index in [4.69, 9.17) is 4.74 Å². The van der Waals surface area contributed by atoms with Crippen LogP contribution in [0.5, 0.6) is 0 Å². The van der Waals surface area contributed by atoms with E-state index in [1.807, 2.05) is 39.0 Å². The van der Waals surface area contributed by atoms with Crippen molar-refractivity contribution in [1.82, 2.24) is 0 Å². The van der Waals surface area contributed by atoms with Crippen molar-refractivity contribution in [2.24, 2.45) is 0 Å². The van der Waals surface area contributed by atoms with Crippen molar-refractivity contribution >= 4 is 17.6 Å². The average Bonchev–Trinajstić information content (AvgIpc) is 2.56. The number of para-hydroxylation sites is 1. The van der Waals surface area contributed by atoms with E-state index in [1.165, 1.54) is 25.3 Å². The molecule has 0 aliphatic heterocycles. The van der Waals surface area contributed by atoms with Crippen molar-refractivity contribution in [3.05, 3.63) is 64.6 Å². The Morgan fingerprint density at radius 1 is 1.12 bits per heavy atom. The summed E-state index contributed by atoms with van der Waals surface area (Å²) in [6, 6.07) is 10.2. The van der Waals surface area contributed by atoms with E-state index in [-0.39, 0.29) is 11.6 Å². The van der Waals surface area contributed by atoms with E-state index < -0.39 is 18.0 Å². The van der Waals surface area contributed by atoms with Gasteiger partial charge in [-0.1, -0.05) is 32.0 Å². The molecule has 0 aliphatic carbocycles. The molecule has 1 heterocycles. The maximum Gasteiger partial charge on any atom is 0.405 e. The third-order valence-electron chi connectivity index (χ3n) is 3.86. The molecule has 0 bridgehead atoms. The number of amides is 1. The molecule has 132 valence electrons. The summed E-state index contributed by atoms with van der Waals surface area (Å²) in [5, 5.41) is 14.4. The van der Waals surface area contributed by atoms with Crippen molar-refractivity contribution in [3.8, 4) is 0 Å². The second-order valence-electron chi connectivity index (χ2n) is 6.14. The minimum absolute atomic E-state index is 0.166. The lowest BCUT2D eigenvalue weighted by Gasteiger charge is -2.18. The first-order valence-corrected chi connectivity index (χ1v) is 8.10. The van der Waals surface area contributed by atoms with Crippen LogP contribution >= 0.6 is 0 Å². The van der Waals surface area contributed by atoms with Crippen LogP contribution in [0, 0.1) is 12.1 Å². The first-order chi connectivity index (χ1) is 11.8. The predicted molar refractivity (Wildman–Crippen MR) is 94.2 cm³/mol. The lowest BCUT2D eigenvalue weighted by molar-refractivity contribution is -0.608. The van der Waals surface area contributed by atoms with E-state index in [0.29, 0.717) is 4.73 Å². The minimum Gasteiger partial charge on any atom is -0.618 e. The molecule has 1 N–H and O–H groups in total. The zero-order valence-electron chi connectivity index (χ0n) is 14.8. The van der Waals surface area contributed by atoms with E-state index >= 15 is 0 Å². The highest BCUT2D eigenvalue weighted by Crippen LogP contribution is 2.27. The number of rotatable bonds is 5. The number of anilines is 1. The molecule has 1 aromatic heterocycles. The average molecular weight is 342 g/mol. The molecule has 2 rings (SSSR count). The van der Waals surface area contributed by atoms with Crippen molar-refractivity contribution in [3.63, 3.8) is 0 Å². The van der Waals surface area contributed by atoms with E-state index in [0.717, 1.165) is 16.8 Å². The fraction of sp³-hybridized carbons (Fsp3) is 0.316. The van der Waals surface area contributed by atoms with Crippen molar-refractivity contribution in [2.45, 2.75) is 39.7 Å². The number of nitrogens with one attached hydrogen (secondary N) is 1. The van der Waals surface area contributed by atoms with Gasteiger partial charge in [0.1, 0.15) is 0 Å². The summed E-state index contributed by atoms with van der Waals surface area (Å²) in [5.41, 5.74) is 2.50. The zero-order valence-corrected chi connectivity index (χ0v) is 14.8. The van der Waals surface area contributed by atoms with Gasteiger partial charge in [0.2, 0.25) is 0 Å². The first kappa shape index (κ1) is 18.4. The van der Waals surface area contributed by atoms with Crippen molar-refractivity contribution in [2.75, 3.05) is 5.32 Å². The van der Waals surface area contributed by atoms with Gasteiger partial charge in [-0.2, -0.15) is 4.73 Å². The number of carbonyl (C=O) groups excluding carboxylic acids is 2. The zero-order chi connectivity index (χ0) is 18.6. The third-order valence-corrected chi connectivity index (χ3v) is 3.86. The molecule has 1 atom stereocenters. The Kier molecular flexibility index (Phi) is 5.75. The summed E-state index contributed by atoms with van der Waals surface area (Å²) in [5.74, 6) is -1.05. The molecule has 0 radical (unpaired) electrons. The lowest BCUT2D eigenvalue weighted by Crippen LogP contribution is -2.37. The highest BCUT2D eigenvalue weighted by molar-refractivity contribution is 5.97. The van der Waals surface area contributed by atoms with E-state index in [9.17, 15) is 14.8 Å². The maximum absolute atomic E-state index is 12.4. The van der Waals surface area contributed by atoms with Gasteiger partial charge in [0.25, 0.3) is 5.91 Å². The van der Waals surface area contributed by atoms with Crippen molar-refractivity contribution in [1.29, 1.82) is 0 Å². The quantitative estimate of drug-likeness (QED) is 0.514. The van der Waals surface area contributed by atoms with Gasteiger partial charge in [-0.05, 0) is 37.0 Å². The van der Waals surface area contributed by atoms with Gasteiger partial charge in [-0.3, -0.25) is 4.79 Å². The second-order valence-corrected chi connectivity index (χ2v) is 6.14. The fourth-order valence-corrected chi connectivity index (χ4v) is 2.43. The molecule has 25 heavy (non-hydrogen) atoms. The van der Waals surface area contributed by atoms with Crippen LogP contribution in [0.1, 0.15) is 48.3 Å². The normalized spacial score (nSPS) is 11.9. The Balaban J connectivity index is 2.12. The largest absolute Gasteiger partial charge is 0.618 e. The summed E-state index contributed by atoms with van der Waals surface area (Å²) in [7, 11) is 0. The number of aryl methyl sites for hydroxylation is 1. The summed E-state index contributed by atoms with van der Waals surface area (Å²) in [6.45, 7) is 7.45. The molecule has 6 nitrogen and oxygen atoms in total. The van der Waals surface area contributed by atoms with Crippen LogP contribution in [0.2, 0.25) is 0 Å². The number of nitrogens with zero attached hydrogens (tertiary/aromatic N) is 1. The third kappa shape index (κ3) is 4.35. The number of carbonyl (C=O) groups is 2. The molecule has 6 heteroatoms. The molecule has 0 fully saturated rings. The highest BCUT2D eigenvalue weighted by Gasteiger charge is 2.24. The number of pyridine rings is 1. The molecule has 0 saturated heterocycles. The summed E-state index contributed by atoms with van der Waals surface area (Å²) in [4.78, 5) is 24.5. The Morgan fingerprint density at radius 3 is 2.48 bits per heavy atom. The molecule has 2 aromatic rings. The molecular weight excluding hydrogens is 320 g/mol. The van der Waals surface area contributed by atoms with Crippen LogP contribution in [0.15, 0.2) is 42.6 Å². The van der Waals surface area contributed by atoms with Gasteiger partial charge in [0, 0.05) is 17.8 Å². The summed E-state index contributed by atoms with van der Waals surface area (Å²) in [6.07, 6.45) is 0.163. The number of hydrogen-bond acceptors (Lipinski definition) is 4. The lowest BCUT2D eigenvalue weighted by atomic mass is 9.98. The fourth-order valence-electron chi connectivity index (χ4n) is 2.43. The van der Waals surface area contributed by atoms with Crippen LogP contribution in [0.25, 0.3) is 0 Å². The monoisotopic (exact) mass is 342 g/mol. The molecule has 0 aliphatic rings. The molecule has 0 unspecified atom stereocenters. The maximum atomic E-state index is 12.4. The predicted octanol–water partition coefficient (Wildman–Crippen LogP) is 2.94. The number of aromatic nitrogens is 1. The smallest absolute Gasteiger partial charge is 0.405 e. The van der Waals surface area contributed by atoms with Gasteiger partial charge >= 0.3 is 11.7 Å². The van der Waals surface area contributed by atoms with E-state index in [1.54, 1.807) is 6.07 Å². The summed E-state index contributed by atoms with van der Waals surface area (Å²) >= 11 is 0. The minimum atomic E-state index is -1.03. The highest BCUT2D eigenvalue weighted by atomic mass is 16.6. The second kappa shape index (κ2) is 7.79. The Hall–Kier alpha value is -2.89. The Labute approximate surface area is 147 Å². The molecule has 0 saturated carbocycles. The first-order valence-electron chi connectivity index (χ1n) is 8.10. The van der Waals surface area contributed by atoms with Gasteiger partial charge in [0.15, 0.2) is 12.3 Å². The molecule has 1 amide bonds. The molecule has 0 spiro atoms. The number of esters is 1. The van der Waals surface area contributed by atoms with Crippen LogP contribution in [-0.2, 0) is 9.53 Å². The molecule has 1 aromatic carbocycles. The van der Waals surface area contributed by atoms with Gasteiger partial charge in [0.05, 0.1) is 0 Å². The Bertz CT molecular complexity index is 787. The Morgan fingerprint density at radius 2 is 1.84 bits per heavy atom. The number of ether oxygens (including phenoxy) is 1.